The zero-order valence-corrected chi connectivity index (χ0v) is 10.1. The summed E-state index contributed by atoms with van der Waals surface area (Å²) in [6, 6.07) is 11.7. The van der Waals surface area contributed by atoms with Gasteiger partial charge >= 0.3 is 0 Å². The van der Waals surface area contributed by atoms with E-state index in [1.807, 2.05) is 0 Å². The Kier molecular flexibility index (Phi) is 2.98. The summed E-state index contributed by atoms with van der Waals surface area (Å²) in [4.78, 5) is 14.1. The van der Waals surface area contributed by atoms with Gasteiger partial charge in [0, 0.05) is 31.5 Å². The maximum atomic E-state index is 11.5. The van der Waals surface area contributed by atoms with Crippen LogP contribution in [0.5, 0.6) is 0 Å². The number of nitrogens with zero attached hydrogens (tertiary/aromatic N) is 1. The van der Waals surface area contributed by atoms with Crippen molar-refractivity contribution in [1.82, 2.24) is 4.90 Å². The van der Waals surface area contributed by atoms with Gasteiger partial charge < -0.3 is 0 Å². The molecule has 90 valence electrons. The van der Waals surface area contributed by atoms with E-state index in [0.29, 0.717) is 17.9 Å². The van der Waals surface area contributed by atoms with Crippen LogP contribution in [0.25, 0.3) is 0 Å². The molecule has 2 bridgehead atoms. The topological polar surface area (TPSA) is 20.3 Å². The van der Waals surface area contributed by atoms with Gasteiger partial charge in [-0.1, -0.05) is 30.3 Å². The van der Waals surface area contributed by atoms with Gasteiger partial charge in [0.05, 0.1) is 0 Å². The molecule has 2 atom stereocenters. The Morgan fingerprint density at radius 1 is 1.06 bits per heavy atom. The number of carbonyl (C=O) groups is 1. The van der Waals surface area contributed by atoms with Gasteiger partial charge in [0.2, 0.25) is 0 Å². The minimum atomic E-state index is 0.480. The van der Waals surface area contributed by atoms with E-state index >= 15 is 0 Å². The number of hydrogen-bond acceptors (Lipinski definition) is 2. The molecule has 17 heavy (non-hydrogen) atoms. The largest absolute Gasteiger partial charge is 0.300 e. The first-order valence-corrected chi connectivity index (χ1v) is 6.64. The van der Waals surface area contributed by atoms with E-state index in [-0.39, 0.29) is 0 Å². The van der Waals surface area contributed by atoms with E-state index in [9.17, 15) is 4.79 Å². The monoisotopic (exact) mass is 229 g/mol. The quantitative estimate of drug-likeness (QED) is 0.793. The number of benzene rings is 1. The fraction of sp³-hybridized carbons (Fsp3) is 0.533. The Morgan fingerprint density at radius 2 is 1.71 bits per heavy atom. The molecular weight excluding hydrogens is 210 g/mol. The molecule has 1 aromatic carbocycles. The second kappa shape index (κ2) is 4.61. The molecule has 0 aromatic heterocycles. The SMILES string of the molecule is O=C1CC2CCC(C1)N2CCc1ccccc1. The lowest BCUT2D eigenvalue weighted by Crippen LogP contribution is -2.44. The standard InChI is InChI=1S/C15H19NO/c17-15-10-13-6-7-14(11-15)16(13)9-8-12-4-2-1-3-5-12/h1-5,13-14H,6-11H2. The molecule has 2 fully saturated rings. The van der Waals surface area contributed by atoms with Crippen molar-refractivity contribution in [1.29, 1.82) is 0 Å². The zero-order valence-electron chi connectivity index (χ0n) is 10.1. The minimum absolute atomic E-state index is 0.480. The Hall–Kier alpha value is -1.15. The van der Waals surface area contributed by atoms with Gasteiger partial charge in [0.15, 0.2) is 0 Å². The van der Waals surface area contributed by atoms with E-state index in [2.05, 4.69) is 35.2 Å². The fourth-order valence-electron chi connectivity index (χ4n) is 3.33. The molecule has 3 rings (SSSR count). The number of ketones is 1. The highest BCUT2D eigenvalue weighted by molar-refractivity contribution is 5.80. The third-order valence-electron chi connectivity index (χ3n) is 4.20. The lowest BCUT2D eigenvalue weighted by Gasteiger charge is -2.33. The molecule has 2 heteroatoms. The van der Waals surface area contributed by atoms with Crippen molar-refractivity contribution in [3.8, 4) is 0 Å². The molecule has 2 aliphatic heterocycles. The number of fused-ring (bicyclic) bond motifs is 2. The van der Waals surface area contributed by atoms with Gasteiger partial charge in [-0.3, -0.25) is 9.69 Å². The van der Waals surface area contributed by atoms with E-state index in [1.165, 1.54) is 18.4 Å². The normalized spacial score (nSPS) is 28.6. The molecule has 2 heterocycles. The predicted molar refractivity (Wildman–Crippen MR) is 67.9 cm³/mol. The summed E-state index contributed by atoms with van der Waals surface area (Å²) in [5, 5.41) is 0. The maximum Gasteiger partial charge on any atom is 0.136 e. The van der Waals surface area contributed by atoms with Crippen LogP contribution in [0.15, 0.2) is 30.3 Å². The average Bonchev–Trinajstić information content (AvgIpc) is 2.59. The lowest BCUT2D eigenvalue weighted by atomic mass is 10.0. The summed E-state index contributed by atoms with van der Waals surface area (Å²) < 4.78 is 0. The highest BCUT2D eigenvalue weighted by atomic mass is 16.1. The Bertz CT molecular complexity index is 385. The van der Waals surface area contributed by atoms with Gasteiger partial charge in [-0.05, 0) is 24.8 Å². The van der Waals surface area contributed by atoms with Gasteiger partial charge in [0.1, 0.15) is 5.78 Å². The zero-order chi connectivity index (χ0) is 11.7. The van der Waals surface area contributed by atoms with Gasteiger partial charge in [0.25, 0.3) is 0 Å². The van der Waals surface area contributed by atoms with Crippen molar-refractivity contribution in [2.45, 2.75) is 44.2 Å². The summed E-state index contributed by atoms with van der Waals surface area (Å²) in [7, 11) is 0. The van der Waals surface area contributed by atoms with Crippen molar-refractivity contribution in [3.05, 3.63) is 35.9 Å². The molecule has 0 saturated carbocycles. The maximum absolute atomic E-state index is 11.5. The summed E-state index contributed by atoms with van der Waals surface area (Å²) in [6.07, 6.45) is 5.16. The van der Waals surface area contributed by atoms with E-state index in [4.69, 9.17) is 0 Å². The van der Waals surface area contributed by atoms with Gasteiger partial charge in [-0.15, -0.1) is 0 Å². The Labute approximate surface area is 103 Å². The molecule has 0 amide bonds. The first-order valence-electron chi connectivity index (χ1n) is 6.64. The Balaban J connectivity index is 1.61. The second-order valence-corrected chi connectivity index (χ2v) is 5.31. The van der Waals surface area contributed by atoms with E-state index < -0.39 is 0 Å². The first kappa shape index (κ1) is 11.0. The smallest absolute Gasteiger partial charge is 0.136 e. The van der Waals surface area contributed by atoms with Gasteiger partial charge in [-0.2, -0.15) is 0 Å². The molecule has 2 unspecified atom stereocenters. The Morgan fingerprint density at radius 3 is 2.35 bits per heavy atom. The van der Waals surface area contributed by atoms with Crippen molar-refractivity contribution < 1.29 is 4.79 Å². The van der Waals surface area contributed by atoms with Crippen LogP contribution in [0.3, 0.4) is 0 Å². The number of hydrogen-bond donors (Lipinski definition) is 0. The van der Waals surface area contributed by atoms with Crippen molar-refractivity contribution >= 4 is 5.78 Å². The van der Waals surface area contributed by atoms with Gasteiger partial charge in [-0.25, -0.2) is 0 Å². The third kappa shape index (κ3) is 2.27. The molecule has 0 radical (unpaired) electrons. The number of piperidine rings is 1. The number of Topliss-reactive ketones (excluding diaryl/α,β-unsaturated/α-hetero) is 1. The van der Waals surface area contributed by atoms with Crippen LogP contribution in [0.4, 0.5) is 0 Å². The molecule has 0 aliphatic carbocycles. The van der Waals surface area contributed by atoms with Crippen LogP contribution in [0, 0.1) is 0 Å². The van der Waals surface area contributed by atoms with Crippen molar-refractivity contribution in [3.63, 3.8) is 0 Å². The highest BCUT2D eigenvalue weighted by Gasteiger charge is 2.39. The second-order valence-electron chi connectivity index (χ2n) is 5.31. The highest BCUT2D eigenvalue weighted by Crippen LogP contribution is 2.33. The van der Waals surface area contributed by atoms with Crippen LogP contribution >= 0.6 is 0 Å². The molecular formula is C15H19NO. The fourth-order valence-corrected chi connectivity index (χ4v) is 3.33. The molecule has 0 N–H and O–H groups in total. The first-order chi connectivity index (χ1) is 8.33. The lowest BCUT2D eigenvalue weighted by molar-refractivity contribution is -0.123. The van der Waals surface area contributed by atoms with Crippen LogP contribution in [0.1, 0.15) is 31.2 Å². The number of carbonyl (C=O) groups excluding carboxylic acids is 1. The van der Waals surface area contributed by atoms with Crippen molar-refractivity contribution in [2.75, 3.05) is 6.54 Å². The summed E-state index contributed by atoms with van der Waals surface area (Å²) >= 11 is 0. The molecule has 2 nitrogen and oxygen atoms in total. The summed E-state index contributed by atoms with van der Waals surface area (Å²) in [5.74, 6) is 0.480. The molecule has 0 spiro atoms. The van der Waals surface area contributed by atoms with Crippen LogP contribution in [-0.2, 0) is 11.2 Å². The molecule has 1 aromatic rings. The molecule has 2 aliphatic rings. The minimum Gasteiger partial charge on any atom is -0.300 e. The van der Waals surface area contributed by atoms with E-state index in [1.54, 1.807) is 0 Å². The number of rotatable bonds is 3. The van der Waals surface area contributed by atoms with E-state index in [0.717, 1.165) is 25.8 Å². The predicted octanol–water partition coefficient (Wildman–Crippen LogP) is 2.43. The molecule has 2 saturated heterocycles. The summed E-state index contributed by atoms with van der Waals surface area (Å²) in [6.45, 7) is 1.12. The van der Waals surface area contributed by atoms with Crippen molar-refractivity contribution in [2.24, 2.45) is 0 Å². The van der Waals surface area contributed by atoms with Crippen LogP contribution in [0.2, 0.25) is 0 Å². The van der Waals surface area contributed by atoms with Crippen LogP contribution < -0.4 is 0 Å². The average molecular weight is 229 g/mol. The van der Waals surface area contributed by atoms with Crippen LogP contribution in [-0.4, -0.2) is 29.3 Å². The summed E-state index contributed by atoms with van der Waals surface area (Å²) in [5.41, 5.74) is 1.41. The third-order valence-corrected chi connectivity index (χ3v) is 4.20.